The summed E-state index contributed by atoms with van der Waals surface area (Å²) in [6.45, 7) is 4.12. The molecule has 1 amide bonds. The number of hydrogen-bond acceptors (Lipinski definition) is 5. The van der Waals surface area contributed by atoms with Crippen molar-refractivity contribution in [2.24, 2.45) is 7.05 Å². The molecule has 0 aliphatic carbocycles. The fourth-order valence-corrected chi connectivity index (χ4v) is 2.74. The monoisotopic (exact) mass is 342 g/mol. The smallest absolute Gasteiger partial charge is 0.289 e. The average molecular weight is 342 g/mol. The van der Waals surface area contributed by atoms with Crippen molar-refractivity contribution in [3.05, 3.63) is 41.4 Å². The zero-order valence-electron chi connectivity index (χ0n) is 14.9. The van der Waals surface area contributed by atoms with E-state index in [1.54, 1.807) is 14.0 Å². The molecule has 0 radical (unpaired) electrons. The first-order valence-electron chi connectivity index (χ1n) is 8.27. The van der Waals surface area contributed by atoms with Gasteiger partial charge in [0, 0.05) is 19.5 Å². The summed E-state index contributed by atoms with van der Waals surface area (Å²) in [5.41, 5.74) is 2.41. The van der Waals surface area contributed by atoms with Crippen LogP contribution in [-0.4, -0.2) is 27.6 Å². The van der Waals surface area contributed by atoms with Crippen molar-refractivity contribution in [2.75, 3.05) is 7.11 Å². The number of amides is 1. The van der Waals surface area contributed by atoms with Gasteiger partial charge in [0.25, 0.3) is 5.91 Å². The van der Waals surface area contributed by atoms with Gasteiger partial charge in [-0.05, 0) is 25.5 Å². The van der Waals surface area contributed by atoms with E-state index in [0.29, 0.717) is 18.1 Å². The number of carbonyl (C=O) groups is 1. The summed E-state index contributed by atoms with van der Waals surface area (Å²) in [4.78, 5) is 21.2. The van der Waals surface area contributed by atoms with Gasteiger partial charge in [0.05, 0.1) is 30.4 Å². The number of fused-ring (bicyclic) bond motifs is 1. The molecular weight excluding hydrogens is 320 g/mol. The first-order chi connectivity index (χ1) is 12.0. The first kappa shape index (κ1) is 17.0. The van der Waals surface area contributed by atoms with Gasteiger partial charge in [0.2, 0.25) is 5.76 Å². The average Bonchev–Trinajstić information content (AvgIpc) is 3.12. The van der Waals surface area contributed by atoms with Gasteiger partial charge in [-0.15, -0.1) is 0 Å². The van der Waals surface area contributed by atoms with Gasteiger partial charge in [0.15, 0.2) is 5.89 Å². The quantitative estimate of drug-likeness (QED) is 0.745. The van der Waals surface area contributed by atoms with Crippen molar-refractivity contribution in [2.45, 2.75) is 33.2 Å². The Kier molecular flexibility index (Phi) is 4.74. The normalized spacial score (nSPS) is 11.0. The van der Waals surface area contributed by atoms with Crippen molar-refractivity contribution in [1.29, 1.82) is 0 Å². The maximum absolute atomic E-state index is 12.4. The summed E-state index contributed by atoms with van der Waals surface area (Å²) >= 11 is 0. The number of imidazole rings is 1. The fourth-order valence-electron chi connectivity index (χ4n) is 2.74. The Morgan fingerprint density at radius 3 is 2.88 bits per heavy atom. The lowest BCUT2D eigenvalue weighted by atomic mass is 10.3. The fraction of sp³-hybridized carbons (Fsp3) is 0.389. The predicted octanol–water partition coefficient (Wildman–Crippen LogP) is 2.76. The second kappa shape index (κ2) is 6.96. The van der Waals surface area contributed by atoms with Gasteiger partial charge in [-0.1, -0.05) is 6.92 Å². The number of ether oxygens (including phenoxy) is 1. The topological polar surface area (TPSA) is 82.2 Å². The number of rotatable bonds is 6. The molecule has 7 nitrogen and oxygen atoms in total. The van der Waals surface area contributed by atoms with E-state index >= 15 is 0 Å². The number of carbonyl (C=O) groups excluding carboxylic acids is 1. The number of benzene rings is 1. The van der Waals surface area contributed by atoms with Crippen molar-refractivity contribution in [1.82, 2.24) is 19.9 Å². The third-order valence-electron chi connectivity index (χ3n) is 4.10. The highest BCUT2D eigenvalue weighted by atomic mass is 16.5. The zero-order valence-corrected chi connectivity index (χ0v) is 14.9. The predicted molar refractivity (Wildman–Crippen MR) is 93.7 cm³/mol. The highest BCUT2D eigenvalue weighted by Crippen LogP contribution is 2.21. The third kappa shape index (κ3) is 3.35. The van der Waals surface area contributed by atoms with Gasteiger partial charge in [-0.25, -0.2) is 9.97 Å². The van der Waals surface area contributed by atoms with Gasteiger partial charge in [-0.3, -0.25) is 4.79 Å². The lowest BCUT2D eigenvalue weighted by Gasteiger charge is -2.04. The molecule has 25 heavy (non-hydrogen) atoms. The van der Waals surface area contributed by atoms with Crippen molar-refractivity contribution in [3.63, 3.8) is 0 Å². The molecule has 0 spiro atoms. The number of aryl methyl sites for hydroxylation is 3. The minimum absolute atomic E-state index is 0.267. The third-order valence-corrected chi connectivity index (χ3v) is 4.10. The van der Waals surface area contributed by atoms with Gasteiger partial charge < -0.3 is 19.0 Å². The van der Waals surface area contributed by atoms with Crippen LogP contribution in [0.15, 0.2) is 22.6 Å². The Hall–Kier alpha value is -2.83. The van der Waals surface area contributed by atoms with Crippen LogP contribution in [-0.2, 0) is 20.0 Å². The molecule has 2 aromatic heterocycles. The van der Waals surface area contributed by atoms with Crippen LogP contribution < -0.4 is 10.1 Å². The van der Waals surface area contributed by atoms with Crippen molar-refractivity contribution >= 4 is 16.9 Å². The van der Waals surface area contributed by atoms with E-state index in [0.717, 1.165) is 35.4 Å². The van der Waals surface area contributed by atoms with Crippen LogP contribution in [0, 0.1) is 6.92 Å². The molecule has 0 saturated carbocycles. The Morgan fingerprint density at radius 2 is 2.16 bits per heavy atom. The molecule has 0 aliphatic rings. The maximum atomic E-state index is 12.4. The van der Waals surface area contributed by atoms with Crippen molar-refractivity contribution < 1.29 is 13.9 Å². The van der Waals surface area contributed by atoms with Crippen molar-refractivity contribution in [3.8, 4) is 5.75 Å². The molecule has 132 valence electrons. The summed E-state index contributed by atoms with van der Waals surface area (Å²) in [7, 11) is 3.54. The molecule has 2 heterocycles. The molecule has 0 unspecified atom stereocenters. The number of hydrogen-bond donors (Lipinski definition) is 1. The maximum Gasteiger partial charge on any atom is 0.289 e. The molecule has 3 aromatic rings. The standard InChI is InChI=1S/C18H22N4O3/c1-5-6-16-20-11(2)17(25-16)18(23)19-10-15-21-13-9-12(24-4)7-8-14(13)22(15)3/h7-9H,5-6,10H2,1-4H3,(H,19,23). The largest absolute Gasteiger partial charge is 0.497 e. The van der Waals surface area contributed by atoms with E-state index in [1.807, 2.05) is 36.7 Å². The van der Waals surface area contributed by atoms with Gasteiger partial charge >= 0.3 is 0 Å². The van der Waals surface area contributed by atoms with Crippen LogP contribution >= 0.6 is 0 Å². The molecule has 0 atom stereocenters. The summed E-state index contributed by atoms with van der Waals surface area (Å²) in [6, 6.07) is 5.71. The SMILES string of the molecule is CCCc1nc(C)c(C(=O)NCc2nc3cc(OC)ccc3n2C)o1. The van der Waals surface area contributed by atoms with Crippen LogP contribution in [0.25, 0.3) is 11.0 Å². The summed E-state index contributed by atoms with van der Waals surface area (Å²) in [5, 5.41) is 2.85. The van der Waals surface area contributed by atoms with E-state index in [-0.39, 0.29) is 11.7 Å². The lowest BCUT2D eigenvalue weighted by molar-refractivity contribution is 0.0919. The number of nitrogens with zero attached hydrogens (tertiary/aromatic N) is 3. The minimum atomic E-state index is -0.281. The second-order valence-corrected chi connectivity index (χ2v) is 5.90. The van der Waals surface area contributed by atoms with E-state index in [9.17, 15) is 4.79 Å². The minimum Gasteiger partial charge on any atom is -0.497 e. The first-order valence-corrected chi connectivity index (χ1v) is 8.27. The van der Waals surface area contributed by atoms with E-state index in [1.165, 1.54) is 0 Å². The lowest BCUT2D eigenvalue weighted by Crippen LogP contribution is -2.24. The van der Waals surface area contributed by atoms with Crippen LogP contribution in [0.5, 0.6) is 5.75 Å². The zero-order chi connectivity index (χ0) is 18.0. The molecule has 0 saturated heterocycles. The van der Waals surface area contributed by atoms with E-state index in [2.05, 4.69) is 15.3 Å². The highest BCUT2D eigenvalue weighted by Gasteiger charge is 2.18. The molecule has 3 rings (SSSR count). The van der Waals surface area contributed by atoms with Crippen LogP contribution in [0.4, 0.5) is 0 Å². The van der Waals surface area contributed by atoms with Crippen LogP contribution in [0.1, 0.15) is 41.3 Å². The van der Waals surface area contributed by atoms with Crippen LogP contribution in [0.3, 0.4) is 0 Å². The molecule has 0 aliphatic heterocycles. The van der Waals surface area contributed by atoms with Gasteiger partial charge in [0.1, 0.15) is 11.6 Å². The summed E-state index contributed by atoms with van der Waals surface area (Å²) < 4.78 is 12.7. The van der Waals surface area contributed by atoms with Crippen LogP contribution in [0.2, 0.25) is 0 Å². The molecule has 0 fully saturated rings. The summed E-state index contributed by atoms with van der Waals surface area (Å²) in [5.74, 6) is 2.09. The number of methoxy groups -OCH3 is 1. The Bertz CT molecular complexity index is 911. The molecule has 1 aromatic carbocycles. The van der Waals surface area contributed by atoms with E-state index < -0.39 is 0 Å². The highest BCUT2D eigenvalue weighted by molar-refractivity contribution is 5.92. The van der Waals surface area contributed by atoms with E-state index in [4.69, 9.17) is 9.15 Å². The second-order valence-electron chi connectivity index (χ2n) is 5.90. The number of nitrogens with one attached hydrogen (secondary N) is 1. The number of oxazole rings is 1. The molecule has 0 bridgehead atoms. The Morgan fingerprint density at radius 1 is 1.36 bits per heavy atom. The van der Waals surface area contributed by atoms with Gasteiger partial charge in [-0.2, -0.15) is 0 Å². The Labute approximate surface area is 146 Å². The summed E-state index contributed by atoms with van der Waals surface area (Å²) in [6.07, 6.45) is 1.64. The molecule has 1 N–H and O–H groups in total. The molecular formula is C18H22N4O3. The number of aromatic nitrogens is 3. The molecule has 7 heteroatoms. The Balaban J connectivity index is 1.76.